The van der Waals surface area contributed by atoms with Crippen molar-refractivity contribution in [3.63, 3.8) is 0 Å². The van der Waals surface area contributed by atoms with Crippen LogP contribution in [0.2, 0.25) is 0 Å². The van der Waals surface area contributed by atoms with Gasteiger partial charge in [0.1, 0.15) is 6.79 Å². The van der Waals surface area contributed by atoms with Crippen LogP contribution in [0.25, 0.3) is 0 Å². The van der Waals surface area contributed by atoms with Gasteiger partial charge in [0, 0.05) is 7.11 Å². The van der Waals surface area contributed by atoms with E-state index >= 15 is 0 Å². The maximum absolute atomic E-state index is 5.31. The van der Waals surface area contributed by atoms with Gasteiger partial charge in [-0.1, -0.05) is 11.6 Å². The van der Waals surface area contributed by atoms with Gasteiger partial charge >= 0.3 is 18.9 Å². The zero-order chi connectivity index (χ0) is 8.69. The van der Waals surface area contributed by atoms with Gasteiger partial charge in [0.05, 0.1) is 6.10 Å². The number of hydrogen-bond acceptors (Lipinski definition) is 2. The van der Waals surface area contributed by atoms with Gasteiger partial charge in [-0.05, 0) is 13.8 Å². The summed E-state index contributed by atoms with van der Waals surface area (Å²) >= 11 is 0. The van der Waals surface area contributed by atoms with Gasteiger partial charge in [0.2, 0.25) is 0 Å². The summed E-state index contributed by atoms with van der Waals surface area (Å²) in [6.07, 6.45) is 3.28. The third-order valence-corrected chi connectivity index (χ3v) is 1.07. The van der Waals surface area contributed by atoms with Crippen LogP contribution in [0.3, 0.4) is 0 Å². The summed E-state index contributed by atoms with van der Waals surface area (Å²) in [5.74, 6) is 0. The van der Waals surface area contributed by atoms with Gasteiger partial charge in [-0.15, -0.1) is 0 Å². The van der Waals surface area contributed by atoms with Gasteiger partial charge in [-0.3, -0.25) is 0 Å². The van der Waals surface area contributed by atoms with Crippen molar-refractivity contribution in [2.24, 2.45) is 0 Å². The van der Waals surface area contributed by atoms with E-state index in [1.54, 1.807) is 7.11 Å². The fourth-order valence-corrected chi connectivity index (χ4v) is 0.634. The van der Waals surface area contributed by atoms with Crippen molar-refractivity contribution in [3.05, 3.63) is 24.3 Å². The van der Waals surface area contributed by atoms with E-state index in [9.17, 15) is 0 Å². The molecule has 0 aliphatic rings. The topological polar surface area (TPSA) is 18.5 Å². The van der Waals surface area contributed by atoms with Crippen molar-refractivity contribution in [1.82, 2.24) is 0 Å². The molecule has 12 heavy (non-hydrogen) atoms. The Morgan fingerprint density at radius 1 is 1.50 bits per heavy atom. The normalized spacial score (nSPS) is 11.2. The van der Waals surface area contributed by atoms with Crippen molar-refractivity contribution in [2.45, 2.75) is 20.0 Å². The molecule has 0 saturated heterocycles. The van der Waals surface area contributed by atoms with Crippen molar-refractivity contribution in [2.75, 3.05) is 13.9 Å². The number of ether oxygens (including phenoxy) is 2. The summed E-state index contributed by atoms with van der Waals surface area (Å²) in [5.41, 5.74) is 1.17. The maximum atomic E-state index is 5.31. The Balaban J connectivity index is 0. The van der Waals surface area contributed by atoms with Crippen molar-refractivity contribution in [3.8, 4) is 0 Å². The Labute approximate surface area is 86.8 Å². The standard InChI is InChI=1S/C9H15O2.Li/c1-5-9(6-8(2)3)11-7-10-4;/h1,5-6,9H,7H2,2-4H3;/q-1;+1. The molecular formula is C9H15LiO2. The van der Waals surface area contributed by atoms with Crippen LogP contribution in [0.15, 0.2) is 17.7 Å². The average molecular weight is 162 g/mol. The first-order valence-electron chi connectivity index (χ1n) is 3.51. The van der Waals surface area contributed by atoms with E-state index in [4.69, 9.17) is 16.1 Å². The minimum atomic E-state index is -0.139. The first-order chi connectivity index (χ1) is 5.20. The molecule has 0 heterocycles. The molecule has 0 amide bonds. The van der Waals surface area contributed by atoms with Crippen LogP contribution in [-0.2, 0) is 9.47 Å². The molecule has 0 N–H and O–H groups in total. The van der Waals surface area contributed by atoms with Crippen molar-refractivity contribution < 1.29 is 28.3 Å². The molecular weight excluding hydrogens is 147 g/mol. The minimum absolute atomic E-state index is 0. The quantitative estimate of drug-likeness (QED) is 0.222. The third-order valence-electron chi connectivity index (χ3n) is 1.07. The average Bonchev–Trinajstić information content (AvgIpc) is 1.97. The van der Waals surface area contributed by atoms with Gasteiger partial charge in [0.15, 0.2) is 0 Å². The number of allylic oxidation sites excluding steroid dienone is 1. The van der Waals surface area contributed by atoms with E-state index in [0.717, 1.165) is 0 Å². The molecule has 0 fully saturated rings. The fourth-order valence-electron chi connectivity index (χ4n) is 0.634. The van der Waals surface area contributed by atoms with Crippen LogP contribution in [0, 0.1) is 6.58 Å². The summed E-state index contributed by atoms with van der Waals surface area (Å²) in [6.45, 7) is 9.56. The van der Waals surface area contributed by atoms with E-state index in [0.29, 0.717) is 0 Å². The Hall–Kier alpha value is -0.00260. The first-order valence-corrected chi connectivity index (χ1v) is 3.51. The summed E-state index contributed by atoms with van der Waals surface area (Å²) < 4.78 is 9.90. The number of methoxy groups -OCH3 is 1. The van der Waals surface area contributed by atoms with Gasteiger partial charge < -0.3 is 16.1 Å². The maximum Gasteiger partial charge on any atom is 1.00 e. The van der Waals surface area contributed by atoms with E-state index < -0.39 is 0 Å². The predicted octanol–water partition coefficient (Wildman–Crippen LogP) is -1.07. The largest absolute Gasteiger partial charge is 1.00 e. The molecule has 1 unspecified atom stereocenters. The summed E-state index contributed by atoms with van der Waals surface area (Å²) in [4.78, 5) is 0. The monoisotopic (exact) mass is 162 g/mol. The Kier molecular flexibility index (Phi) is 11.0. The van der Waals surface area contributed by atoms with Crippen LogP contribution in [0.5, 0.6) is 0 Å². The smallest absolute Gasteiger partial charge is 0.515 e. The van der Waals surface area contributed by atoms with E-state index in [2.05, 4.69) is 0 Å². The van der Waals surface area contributed by atoms with E-state index in [1.807, 2.05) is 19.9 Å². The molecule has 0 aromatic rings. The Bertz CT molecular complexity index is 139. The molecule has 64 valence electrons. The SMILES string of the molecule is [CH-]=CC(C=C(C)C)OCOC.[Li+]. The van der Waals surface area contributed by atoms with Gasteiger partial charge in [-0.25, -0.2) is 6.08 Å². The molecule has 0 bridgehead atoms. The molecule has 3 heteroatoms. The summed E-state index contributed by atoms with van der Waals surface area (Å²) in [6, 6.07) is 0. The van der Waals surface area contributed by atoms with Gasteiger partial charge in [0.25, 0.3) is 0 Å². The van der Waals surface area contributed by atoms with Crippen molar-refractivity contribution >= 4 is 0 Å². The van der Waals surface area contributed by atoms with Crippen LogP contribution < -0.4 is 18.9 Å². The third kappa shape index (κ3) is 8.10. The zero-order valence-corrected chi connectivity index (χ0v) is 8.33. The number of hydrogen-bond donors (Lipinski definition) is 0. The Morgan fingerprint density at radius 3 is 2.42 bits per heavy atom. The van der Waals surface area contributed by atoms with Crippen molar-refractivity contribution in [1.29, 1.82) is 0 Å². The second-order valence-corrected chi connectivity index (χ2v) is 2.47. The molecule has 0 spiro atoms. The molecule has 0 saturated carbocycles. The predicted molar refractivity (Wildman–Crippen MR) is 45.1 cm³/mol. The number of rotatable bonds is 5. The van der Waals surface area contributed by atoms with E-state index in [1.165, 1.54) is 11.6 Å². The molecule has 0 radical (unpaired) electrons. The molecule has 0 aliphatic heterocycles. The molecule has 1 atom stereocenters. The van der Waals surface area contributed by atoms with Crippen LogP contribution in [-0.4, -0.2) is 20.0 Å². The fraction of sp³-hybridized carbons (Fsp3) is 0.556. The van der Waals surface area contributed by atoms with Crippen LogP contribution >= 0.6 is 0 Å². The minimum Gasteiger partial charge on any atom is -0.515 e. The molecule has 0 aliphatic carbocycles. The second kappa shape index (κ2) is 9.09. The van der Waals surface area contributed by atoms with E-state index in [-0.39, 0.29) is 31.8 Å². The van der Waals surface area contributed by atoms with Crippen LogP contribution in [0.4, 0.5) is 0 Å². The molecule has 0 aromatic carbocycles. The summed E-state index contributed by atoms with van der Waals surface area (Å²) in [5, 5.41) is 0. The molecule has 2 nitrogen and oxygen atoms in total. The van der Waals surface area contributed by atoms with Crippen LogP contribution in [0.1, 0.15) is 13.8 Å². The molecule has 0 rings (SSSR count). The first kappa shape index (κ1) is 14.5. The molecule has 0 aromatic heterocycles. The van der Waals surface area contributed by atoms with Gasteiger partial charge in [-0.2, -0.15) is 0 Å². The Morgan fingerprint density at radius 2 is 2.08 bits per heavy atom. The summed E-state index contributed by atoms with van der Waals surface area (Å²) in [7, 11) is 1.58. The second-order valence-electron chi connectivity index (χ2n) is 2.47. The zero-order valence-electron chi connectivity index (χ0n) is 8.33.